The van der Waals surface area contributed by atoms with Crippen molar-refractivity contribution in [1.29, 1.82) is 0 Å². The fourth-order valence-corrected chi connectivity index (χ4v) is 5.55. The van der Waals surface area contributed by atoms with Crippen molar-refractivity contribution in [3.63, 3.8) is 0 Å². The highest BCUT2D eigenvalue weighted by Crippen LogP contribution is 2.23. The predicted molar refractivity (Wildman–Crippen MR) is 118 cm³/mol. The molecule has 0 unspecified atom stereocenters. The van der Waals surface area contributed by atoms with Gasteiger partial charge in [0, 0.05) is 42.3 Å². The fourth-order valence-electron chi connectivity index (χ4n) is 4.00. The maximum absolute atomic E-state index is 13.0. The molecule has 1 fully saturated rings. The van der Waals surface area contributed by atoms with Gasteiger partial charge in [0.05, 0.1) is 4.90 Å². The maximum atomic E-state index is 13.0. The molecule has 4 rings (SSSR count). The van der Waals surface area contributed by atoms with Crippen LogP contribution in [0, 0.1) is 6.92 Å². The van der Waals surface area contributed by atoms with Gasteiger partial charge in [-0.25, -0.2) is 8.42 Å². The van der Waals surface area contributed by atoms with Gasteiger partial charge in [-0.3, -0.25) is 4.79 Å². The zero-order valence-electron chi connectivity index (χ0n) is 17.1. The summed E-state index contributed by atoms with van der Waals surface area (Å²) in [6.07, 6.45) is 5.48. The molecule has 7 heteroatoms. The van der Waals surface area contributed by atoms with Crippen molar-refractivity contribution in [2.75, 3.05) is 19.6 Å². The van der Waals surface area contributed by atoms with Crippen LogP contribution >= 0.6 is 0 Å². The van der Waals surface area contributed by atoms with Crippen LogP contribution < -0.4 is 5.32 Å². The molecule has 158 valence electrons. The van der Waals surface area contributed by atoms with Gasteiger partial charge in [0.15, 0.2) is 0 Å². The van der Waals surface area contributed by atoms with Crippen LogP contribution in [0.2, 0.25) is 0 Å². The lowest BCUT2D eigenvalue weighted by molar-refractivity contribution is 0.0953. The van der Waals surface area contributed by atoms with Crippen molar-refractivity contribution in [2.45, 2.75) is 37.5 Å². The van der Waals surface area contributed by atoms with Gasteiger partial charge in [0.1, 0.15) is 0 Å². The highest BCUT2D eigenvalue weighted by Gasteiger charge is 2.27. The van der Waals surface area contributed by atoms with Crippen LogP contribution in [0.15, 0.2) is 53.6 Å². The SMILES string of the molecule is Cc1ccc(S(=O)(=O)N2CCCCC2)cc1C(=O)NCCc1c[nH]c2ccccc12. The quantitative estimate of drug-likeness (QED) is 0.633. The van der Waals surface area contributed by atoms with Crippen LogP contribution in [0.3, 0.4) is 0 Å². The van der Waals surface area contributed by atoms with Gasteiger partial charge in [-0.05, 0) is 55.5 Å². The second-order valence-corrected chi connectivity index (χ2v) is 9.74. The molecular weight excluding hydrogens is 398 g/mol. The summed E-state index contributed by atoms with van der Waals surface area (Å²) >= 11 is 0. The number of carbonyl (C=O) groups excluding carboxylic acids is 1. The molecule has 2 N–H and O–H groups in total. The van der Waals surface area contributed by atoms with Crippen LogP contribution in [0.1, 0.15) is 40.7 Å². The summed E-state index contributed by atoms with van der Waals surface area (Å²) in [6, 6.07) is 12.9. The number of nitrogens with zero attached hydrogens (tertiary/aromatic N) is 1. The standard InChI is InChI=1S/C23H27N3O3S/c1-17-9-10-19(30(28,29)26-13-5-2-6-14-26)15-21(17)23(27)24-12-11-18-16-25-22-8-4-3-7-20(18)22/h3-4,7-10,15-16,25H,2,5-6,11-14H2,1H3,(H,24,27). The van der Waals surface area contributed by atoms with E-state index in [1.165, 1.54) is 10.4 Å². The first-order chi connectivity index (χ1) is 14.5. The van der Waals surface area contributed by atoms with Crippen LogP contribution in [0.25, 0.3) is 10.9 Å². The number of benzene rings is 2. The summed E-state index contributed by atoms with van der Waals surface area (Å²) in [5, 5.41) is 4.09. The van der Waals surface area contributed by atoms with Crippen LogP contribution in [-0.2, 0) is 16.4 Å². The number of H-pyrrole nitrogens is 1. The van der Waals surface area contributed by atoms with Crippen molar-refractivity contribution >= 4 is 26.8 Å². The Morgan fingerprint density at radius 3 is 2.67 bits per heavy atom. The molecule has 0 atom stereocenters. The minimum absolute atomic E-state index is 0.191. The molecule has 2 heterocycles. The number of amides is 1. The molecule has 0 bridgehead atoms. The summed E-state index contributed by atoms with van der Waals surface area (Å²) in [7, 11) is -3.57. The Morgan fingerprint density at radius 1 is 1.10 bits per heavy atom. The smallest absolute Gasteiger partial charge is 0.251 e. The van der Waals surface area contributed by atoms with Gasteiger partial charge in [0.25, 0.3) is 5.91 Å². The lowest BCUT2D eigenvalue weighted by Crippen LogP contribution is -2.35. The summed E-state index contributed by atoms with van der Waals surface area (Å²) in [5.41, 5.74) is 3.39. The van der Waals surface area contributed by atoms with Crippen LogP contribution in [-0.4, -0.2) is 43.2 Å². The third-order valence-corrected chi connectivity index (χ3v) is 7.66. The van der Waals surface area contributed by atoms with E-state index in [-0.39, 0.29) is 10.8 Å². The maximum Gasteiger partial charge on any atom is 0.251 e. The molecule has 0 aliphatic carbocycles. The highest BCUT2D eigenvalue weighted by atomic mass is 32.2. The van der Waals surface area contributed by atoms with Gasteiger partial charge in [-0.2, -0.15) is 4.31 Å². The van der Waals surface area contributed by atoms with E-state index in [1.807, 2.05) is 31.3 Å². The summed E-state index contributed by atoms with van der Waals surface area (Å²) < 4.78 is 27.4. The first-order valence-electron chi connectivity index (χ1n) is 10.4. The molecule has 1 aliphatic rings. The Bertz CT molecular complexity index is 1160. The molecule has 1 saturated heterocycles. The Hall–Kier alpha value is -2.64. The van der Waals surface area contributed by atoms with E-state index >= 15 is 0 Å². The van der Waals surface area contributed by atoms with Gasteiger partial charge in [-0.15, -0.1) is 0 Å². The van der Waals surface area contributed by atoms with Gasteiger partial charge < -0.3 is 10.3 Å². The topological polar surface area (TPSA) is 82.3 Å². The predicted octanol–water partition coefficient (Wildman–Crippen LogP) is 3.62. The largest absolute Gasteiger partial charge is 0.361 e. The van der Waals surface area contributed by atoms with Crippen molar-refractivity contribution in [2.24, 2.45) is 0 Å². The van der Waals surface area contributed by atoms with Gasteiger partial charge in [-0.1, -0.05) is 30.7 Å². The zero-order valence-corrected chi connectivity index (χ0v) is 18.0. The minimum Gasteiger partial charge on any atom is -0.361 e. The van der Waals surface area contributed by atoms with E-state index in [9.17, 15) is 13.2 Å². The first-order valence-corrected chi connectivity index (χ1v) is 11.8. The Morgan fingerprint density at radius 2 is 1.87 bits per heavy atom. The molecule has 0 spiro atoms. The number of sulfonamides is 1. The number of hydrogen-bond acceptors (Lipinski definition) is 3. The second kappa shape index (κ2) is 8.62. The van der Waals surface area contributed by atoms with E-state index < -0.39 is 10.0 Å². The number of fused-ring (bicyclic) bond motifs is 1. The molecule has 6 nitrogen and oxygen atoms in total. The van der Waals surface area contributed by atoms with Gasteiger partial charge in [0.2, 0.25) is 10.0 Å². The van der Waals surface area contributed by atoms with Crippen molar-refractivity contribution in [3.05, 3.63) is 65.4 Å². The molecule has 0 radical (unpaired) electrons. The molecule has 1 aliphatic heterocycles. The average molecular weight is 426 g/mol. The molecule has 3 aromatic rings. The molecule has 1 amide bonds. The van der Waals surface area contributed by atoms with E-state index in [1.54, 1.807) is 12.1 Å². The molecule has 30 heavy (non-hydrogen) atoms. The Kier molecular flexibility index (Phi) is 5.92. The normalized spacial score (nSPS) is 15.4. The van der Waals surface area contributed by atoms with Crippen molar-refractivity contribution < 1.29 is 13.2 Å². The fraction of sp³-hybridized carbons (Fsp3) is 0.348. The Balaban J connectivity index is 1.46. The number of hydrogen-bond donors (Lipinski definition) is 2. The van der Waals surface area contributed by atoms with E-state index in [0.717, 1.165) is 41.3 Å². The van der Waals surface area contributed by atoms with Crippen molar-refractivity contribution in [3.8, 4) is 0 Å². The van der Waals surface area contributed by atoms with Crippen LogP contribution in [0.4, 0.5) is 0 Å². The molecular formula is C23H27N3O3S. The number of aromatic amines is 1. The summed E-state index contributed by atoms with van der Waals surface area (Å²) in [4.78, 5) is 16.2. The second-order valence-electron chi connectivity index (χ2n) is 7.81. The lowest BCUT2D eigenvalue weighted by Gasteiger charge is -2.26. The summed E-state index contributed by atoms with van der Waals surface area (Å²) in [5.74, 6) is -0.247. The van der Waals surface area contributed by atoms with E-state index in [0.29, 0.717) is 31.6 Å². The number of piperidine rings is 1. The first kappa shape index (κ1) is 20.6. The van der Waals surface area contributed by atoms with E-state index in [2.05, 4.69) is 16.4 Å². The number of carbonyl (C=O) groups is 1. The molecule has 2 aromatic carbocycles. The summed E-state index contributed by atoms with van der Waals surface area (Å²) in [6.45, 7) is 3.39. The number of aromatic nitrogens is 1. The average Bonchev–Trinajstić information content (AvgIpc) is 3.17. The molecule has 0 saturated carbocycles. The lowest BCUT2D eigenvalue weighted by atomic mass is 10.1. The highest BCUT2D eigenvalue weighted by molar-refractivity contribution is 7.89. The number of nitrogens with one attached hydrogen (secondary N) is 2. The van der Waals surface area contributed by atoms with E-state index in [4.69, 9.17) is 0 Å². The van der Waals surface area contributed by atoms with Crippen LogP contribution in [0.5, 0.6) is 0 Å². The van der Waals surface area contributed by atoms with Crippen molar-refractivity contribution in [1.82, 2.24) is 14.6 Å². The Labute approximate surface area is 177 Å². The number of rotatable bonds is 6. The number of aryl methyl sites for hydroxylation is 1. The third kappa shape index (κ3) is 4.13. The minimum atomic E-state index is -3.57. The zero-order chi connectivity index (χ0) is 21.1. The number of para-hydroxylation sites is 1. The monoisotopic (exact) mass is 425 g/mol. The molecule has 1 aromatic heterocycles. The van der Waals surface area contributed by atoms with Gasteiger partial charge >= 0.3 is 0 Å². The third-order valence-electron chi connectivity index (χ3n) is 5.76.